The first kappa shape index (κ1) is 17.7. The van der Waals surface area contributed by atoms with Crippen molar-refractivity contribution in [1.82, 2.24) is 4.90 Å². The third-order valence-electron chi connectivity index (χ3n) is 4.44. The highest BCUT2D eigenvalue weighted by Crippen LogP contribution is 2.33. The number of anilines is 1. The molecule has 1 aliphatic heterocycles. The second kappa shape index (κ2) is 7.85. The molecule has 5 heteroatoms. The molecule has 1 aromatic carbocycles. The summed E-state index contributed by atoms with van der Waals surface area (Å²) in [5.74, 6) is 0.581. The van der Waals surface area contributed by atoms with E-state index in [-0.39, 0.29) is 0 Å². The Kier molecular flexibility index (Phi) is 5.56. The summed E-state index contributed by atoms with van der Waals surface area (Å²) in [4.78, 5) is 10.2. The molecule has 0 fully saturated rings. The molecule has 0 radical (unpaired) electrons. The van der Waals surface area contributed by atoms with Crippen molar-refractivity contribution < 1.29 is 0 Å². The molecule has 1 aromatic heterocycles. The number of nitrogens with two attached hydrogens (primary N) is 1. The average Bonchev–Trinajstić information content (AvgIpc) is 3.06. The minimum absolute atomic E-state index is 0.581. The van der Waals surface area contributed by atoms with Gasteiger partial charge < -0.3 is 15.5 Å². The maximum Gasteiger partial charge on any atom is 0.141 e. The van der Waals surface area contributed by atoms with E-state index in [1.54, 1.807) is 11.3 Å². The molecule has 0 atom stereocenters. The third kappa shape index (κ3) is 4.30. The predicted molar refractivity (Wildman–Crippen MR) is 109 cm³/mol. The zero-order valence-electron chi connectivity index (χ0n) is 15.0. The summed E-state index contributed by atoms with van der Waals surface area (Å²) < 4.78 is 0. The first-order chi connectivity index (χ1) is 12.0. The van der Waals surface area contributed by atoms with Crippen molar-refractivity contribution in [1.29, 1.82) is 0 Å². The number of nitrogens with zero attached hydrogens (tertiary/aromatic N) is 3. The van der Waals surface area contributed by atoms with Crippen molar-refractivity contribution in [2.24, 2.45) is 10.7 Å². The van der Waals surface area contributed by atoms with Crippen LogP contribution in [0.3, 0.4) is 0 Å². The first-order valence-electron chi connectivity index (χ1n) is 8.65. The van der Waals surface area contributed by atoms with E-state index in [0.717, 1.165) is 42.9 Å². The summed E-state index contributed by atoms with van der Waals surface area (Å²) in [5.41, 5.74) is 10.9. The molecular weight excluding hydrogens is 328 g/mol. The molecule has 0 spiro atoms. The molecule has 2 aromatic rings. The molecule has 0 aliphatic carbocycles. The second-order valence-corrected chi connectivity index (χ2v) is 7.61. The Morgan fingerprint density at radius 3 is 2.88 bits per heavy atom. The van der Waals surface area contributed by atoms with E-state index in [1.807, 2.05) is 17.5 Å². The minimum Gasteiger partial charge on any atom is -0.383 e. The van der Waals surface area contributed by atoms with Crippen LogP contribution in [0.5, 0.6) is 0 Å². The number of likely N-dealkylation sites (N-methyl/N-ethyl adjacent to an activating group) is 1. The number of rotatable bonds is 5. The molecule has 4 nitrogen and oxygen atoms in total. The van der Waals surface area contributed by atoms with Gasteiger partial charge in [0.25, 0.3) is 0 Å². The smallest absolute Gasteiger partial charge is 0.141 e. The quantitative estimate of drug-likeness (QED) is 0.652. The standard InChI is InChI=1S/C20H26N4S/c1-15-6-4-7-16-14-17(22-20(21)19-8-5-13-25-19)9-10-18(16)24(15)12-11-23(2)3/h5,8-10,13-14H,1,4,6-7,11-12H2,2-3H3,(H2,21,22). The van der Waals surface area contributed by atoms with Crippen LogP contribution in [0, 0.1) is 0 Å². The van der Waals surface area contributed by atoms with Gasteiger partial charge in [-0.1, -0.05) is 12.6 Å². The topological polar surface area (TPSA) is 44.9 Å². The van der Waals surface area contributed by atoms with Gasteiger partial charge in [-0.2, -0.15) is 0 Å². The Morgan fingerprint density at radius 1 is 1.32 bits per heavy atom. The van der Waals surface area contributed by atoms with Gasteiger partial charge in [-0.3, -0.25) is 0 Å². The number of amidine groups is 1. The van der Waals surface area contributed by atoms with Crippen LogP contribution in [0.15, 0.2) is 53.0 Å². The van der Waals surface area contributed by atoms with Crippen LogP contribution in [-0.2, 0) is 6.42 Å². The zero-order chi connectivity index (χ0) is 17.8. The van der Waals surface area contributed by atoms with Gasteiger partial charge in [0, 0.05) is 24.5 Å². The fraction of sp³-hybridized carbons (Fsp3) is 0.350. The van der Waals surface area contributed by atoms with Gasteiger partial charge in [0.2, 0.25) is 0 Å². The number of allylic oxidation sites excluding steroid dienone is 1. The van der Waals surface area contributed by atoms with Crippen molar-refractivity contribution in [3.63, 3.8) is 0 Å². The van der Waals surface area contributed by atoms with Crippen LogP contribution in [0.2, 0.25) is 0 Å². The average molecular weight is 355 g/mol. The van der Waals surface area contributed by atoms with Gasteiger partial charge >= 0.3 is 0 Å². The van der Waals surface area contributed by atoms with Crippen molar-refractivity contribution >= 4 is 28.5 Å². The maximum absolute atomic E-state index is 6.14. The minimum atomic E-state index is 0.581. The van der Waals surface area contributed by atoms with E-state index >= 15 is 0 Å². The van der Waals surface area contributed by atoms with E-state index in [1.165, 1.54) is 16.9 Å². The van der Waals surface area contributed by atoms with E-state index < -0.39 is 0 Å². The second-order valence-electron chi connectivity index (χ2n) is 6.66. The highest BCUT2D eigenvalue weighted by atomic mass is 32.1. The summed E-state index contributed by atoms with van der Waals surface area (Å²) in [6.45, 7) is 6.26. The number of hydrogen-bond donors (Lipinski definition) is 1. The molecule has 0 unspecified atom stereocenters. The van der Waals surface area contributed by atoms with Crippen molar-refractivity contribution in [2.75, 3.05) is 32.1 Å². The number of fused-ring (bicyclic) bond motifs is 1. The van der Waals surface area contributed by atoms with Crippen LogP contribution in [0.1, 0.15) is 23.3 Å². The van der Waals surface area contributed by atoms with E-state index in [4.69, 9.17) is 5.73 Å². The molecule has 2 N–H and O–H groups in total. The van der Waals surface area contributed by atoms with Crippen LogP contribution in [-0.4, -0.2) is 37.9 Å². The molecule has 0 amide bonds. The van der Waals surface area contributed by atoms with Gasteiger partial charge in [0.1, 0.15) is 5.84 Å². The largest absolute Gasteiger partial charge is 0.383 e. The molecule has 1 aliphatic rings. The molecule has 2 heterocycles. The summed E-state index contributed by atoms with van der Waals surface area (Å²) in [7, 11) is 4.21. The van der Waals surface area contributed by atoms with Crippen molar-refractivity contribution in [3.05, 3.63) is 58.4 Å². The normalized spacial score (nSPS) is 15.4. The highest BCUT2D eigenvalue weighted by Gasteiger charge is 2.18. The molecule has 0 bridgehead atoms. The lowest BCUT2D eigenvalue weighted by Crippen LogP contribution is -2.30. The maximum atomic E-state index is 6.14. The van der Waals surface area contributed by atoms with E-state index in [2.05, 4.69) is 53.7 Å². The fourth-order valence-corrected chi connectivity index (χ4v) is 3.72. The lowest BCUT2D eigenvalue weighted by atomic mass is 10.1. The van der Waals surface area contributed by atoms with Crippen LogP contribution in [0.4, 0.5) is 11.4 Å². The predicted octanol–water partition coefficient (Wildman–Crippen LogP) is 4.00. The summed E-state index contributed by atoms with van der Waals surface area (Å²) >= 11 is 1.61. The lowest BCUT2D eigenvalue weighted by Gasteiger charge is -2.28. The molecule has 132 valence electrons. The number of aryl methyl sites for hydroxylation is 1. The number of thiophene rings is 1. The van der Waals surface area contributed by atoms with Crippen LogP contribution >= 0.6 is 11.3 Å². The first-order valence-corrected chi connectivity index (χ1v) is 9.53. The van der Waals surface area contributed by atoms with Gasteiger partial charge in [-0.05, 0) is 68.6 Å². The molecular formula is C20H26N4S. The summed E-state index contributed by atoms with van der Waals surface area (Å²) in [5, 5.41) is 2.02. The number of benzene rings is 1. The monoisotopic (exact) mass is 354 g/mol. The third-order valence-corrected chi connectivity index (χ3v) is 5.33. The Labute approximate surface area is 154 Å². The van der Waals surface area contributed by atoms with E-state index in [0.29, 0.717) is 5.84 Å². The Bertz CT molecular complexity index is 762. The summed E-state index contributed by atoms with van der Waals surface area (Å²) in [6.07, 6.45) is 3.21. The van der Waals surface area contributed by atoms with Crippen molar-refractivity contribution in [2.45, 2.75) is 19.3 Å². The van der Waals surface area contributed by atoms with E-state index in [9.17, 15) is 0 Å². The zero-order valence-corrected chi connectivity index (χ0v) is 15.9. The van der Waals surface area contributed by atoms with Gasteiger partial charge in [0.15, 0.2) is 0 Å². The Balaban J connectivity index is 1.89. The number of aliphatic imine (C=N–C) groups is 1. The van der Waals surface area contributed by atoms with Gasteiger partial charge in [-0.25, -0.2) is 4.99 Å². The fourth-order valence-electron chi connectivity index (χ4n) is 3.09. The summed E-state index contributed by atoms with van der Waals surface area (Å²) in [6, 6.07) is 10.4. The Morgan fingerprint density at radius 2 is 2.16 bits per heavy atom. The van der Waals surface area contributed by atoms with Crippen LogP contribution in [0.25, 0.3) is 0 Å². The highest BCUT2D eigenvalue weighted by molar-refractivity contribution is 7.12. The molecule has 0 saturated carbocycles. The molecule has 25 heavy (non-hydrogen) atoms. The Hall–Kier alpha value is -2.11. The molecule has 3 rings (SSSR count). The molecule has 0 saturated heterocycles. The SMILES string of the molecule is C=C1CCCc2cc(N=C(N)c3cccs3)ccc2N1CCN(C)C. The van der Waals surface area contributed by atoms with Gasteiger partial charge in [-0.15, -0.1) is 11.3 Å². The van der Waals surface area contributed by atoms with Crippen LogP contribution < -0.4 is 10.6 Å². The van der Waals surface area contributed by atoms with Gasteiger partial charge in [0.05, 0.1) is 10.6 Å². The number of hydrogen-bond acceptors (Lipinski definition) is 4. The lowest BCUT2D eigenvalue weighted by molar-refractivity contribution is 0.416. The van der Waals surface area contributed by atoms with Crippen molar-refractivity contribution in [3.8, 4) is 0 Å².